The second kappa shape index (κ2) is 8.84. The number of amides is 1. The average molecular weight is 442 g/mol. The highest BCUT2D eigenvalue weighted by atomic mass is 79.9. The lowest BCUT2D eigenvalue weighted by Crippen LogP contribution is -2.26. The lowest BCUT2D eigenvalue weighted by Gasteiger charge is -2.15. The molecule has 28 heavy (non-hydrogen) atoms. The van der Waals surface area contributed by atoms with E-state index in [9.17, 15) is 4.79 Å². The SMILES string of the molecule is C=C(C)COc1cccc(C(=O)N(C)Cc2nc(-c3cccc(Br)c3)no2)c1. The van der Waals surface area contributed by atoms with Gasteiger partial charge < -0.3 is 14.2 Å². The summed E-state index contributed by atoms with van der Waals surface area (Å²) in [6, 6.07) is 14.7. The van der Waals surface area contributed by atoms with Gasteiger partial charge in [0.2, 0.25) is 11.7 Å². The number of halogens is 1. The molecule has 1 heterocycles. The molecule has 7 heteroatoms. The Balaban J connectivity index is 1.68. The normalized spacial score (nSPS) is 10.5. The Kier molecular flexibility index (Phi) is 6.26. The van der Waals surface area contributed by atoms with Gasteiger partial charge in [-0.25, -0.2) is 0 Å². The van der Waals surface area contributed by atoms with E-state index in [0.717, 1.165) is 15.6 Å². The summed E-state index contributed by atoms with van der Waals surface area (Å²) >= 11 is 3.42. The van der Waals surface area contributed by atoms with Gasteiger partial charge >= 0.3 is 0 Å². The van der Waals surface area contributed by atoms with Crippen LogP contribution in [0.3, 0.4) is 0 Å². The standard InChI is InChI=1S/C21H20BrN3O3/c1-14(2)13-27-18-9-5-7-16(11-18)21(26)25(3)12-19-23-20(24-28-19)15-6-4-8-17(22)10-15/h4-11H,1,12-13H2,2-3H3. The maximum Gasteiger partial charge on any atom is 0.254 e. The molecule has 0 aliphatic rings. The molecule has 0 atom stereocenters. The largest absolute Gasteiger partial charge is 0.489 e. The fourth-order valence-corrected chi connectivity index (χ4v) is 2.88. The van der Waals surface area contributed by atoms with Gasteiger partial charge in [0.1, 0.15) is 12.4 Å². The molecule has 2 aromatic carbocycles. The van der Waals surface area contributed by atoms with E-state index in [1.165, 1.54) is 4.90 Å². The first-order valence-corrected chi connectivity index (χ1v) is 9.43. The number of hydrogen-bond donors (Lipinski definition) is 0. The third-order valence-corrected chi connectivity index (χ3v) is 4.33. The highest BCUT2D eigenvalue weighted by Gasteiger charge is 2.17. The Morgan fingerprint density at radius 2 is 2.04 bits per heavy atom. The van der Waals surface area contributed by atoms with Crippen LogP contribution >= 0.6 is 15.9 Å². The summed E-state index contributed by atoms with van der Waals surface area (Å²) in [4.78, 5) is 18.6. The zero-order valence-electron chi connectivity index (χ0n) is 15.7. The zero-order chi connectivity index (χ0) is 20.1. The second-order valence-electron chi connectivity index (χ2n) is 6.46. The summed E-state index contributed by atoms with van der Waals surface area (Å²) < 4.78 is 11.8. The van der Waals surface area contributed by atoms with Crippen molar-refractivity contribution in [2.24, 2.45) is 0 Å². The van der Waals surface area contributed by atoms with Crippen LogP contribution in [0.2, 0.25) is 0 Å². The first-order valence-electron chi connectivity index (χ1n) is 8.63. The van der Waals surface area contributed by atoms with Crippen LogP contribution in [0.1, 0.15) is 23.2 Å². The quantitative estimate of drug-likeness (QED) is 0.495. The highest BCUT2D eigenvalue weighted by molar-refractivity contribution is 9.10. The summed E-state index contributed by atoms with van der Waals surface area (Å²) in [7, 11) is 1.69. The summed E-state index contributed by atoms with van der Waals surface area (Å²) in [5, 5.41) is 3.99. The molecular weight excluding hydrogens is 422 g/mol. The summed E-state index contributed by atoms with van der Waals surface area (Å²) in [5.41, 5.74) is 2.26. The second-order valence-corrected chi connectivity index (χ2v) is 7.37. The molecule has 0 saturated heterocycles. The van der Waals surface area contributed by atoms with E-state index in [1.807, 2.05) is 37.3 Å². The van der Waals surface area contributed by atoms with Crippen molar-refractivity contribution in [3.05, 3.63) is 76.6 Å². The van der Waals surface area contributed by atoms with E-state index < -0.39 is 0 Å². The van der Waals surface area contributed by atoms with Crippen LogP contribution in [-0.4, -0.2) is 34.6 Å². The molecule has 0 N–H and O–H groups in total. The highest BCUT2D eigenvalue weighted by Crippen LogP contribution is 2.21. The van der Waals surface area contributed by atoms with E-state index in [4.69, 9.17) is 9.26 Å². The van der Waals surface area contributed by atoms with Crippen LogP contribution in [0, 0.1) is 0 Å². The van der Waals surface area contributed by atoms with Crippen molar-refractivity contribution in [2.45, 2.75) is 13.5 Å². The summed E-state index contributed by atoms with van der Waals surface area (Å²) in [6.07, 6.45) is 0. The van der Waals surface area contributed by atoms with E-state index in [1.54, 1.807) is 25.2 Å². The van der Waals surface area contributed by atoms with Gasteiger partial charge in [0.25, 0.3) is 5.91 Å². The van der Waals surface area contributed by atoms with Crippen molar-refractivity contribution in [3.63, 3.8) is 0 Å². The van der Waals surface area contributed by atoms with Gasteiger partial charge in [0.15, 0.2) is 0 Å². The van der Waals surface area contributed by atoms with Gasteiger partial charge in [-0.2, -0.15) is 4.98 Å². The molecule has 1 amide bonds. The minimum atomic E-state index is -0.164. The van der Waals surface area contributed by atoms with Crippen LogP contribution < -0.4 is 4.74 Å². The van der Waals surface area contributed by atoms with Crippen molar-refractivity contribution < 1.29 is 14.1 Å². The summed E-state index contributed by atoms with van der Waals surface area (Å²) in [6.45, 7) is 6.31. The minimum absolute atomic E-state index is 0.164. The van der Waals surface area contributed by atoms with Crippen LogP contribution in [-0.2, 0) is 6.54 Å². The molecule has 6 nitrogen and oxygen atoms in total. The number of nitrogens with zero attached hydrogens (tertiary/aromatic N) is 3. The summed E-state index contributed by atoms with van der Waals surface area (Å²) in [5.74, 6) is 1.30. The van der Waals surface area contributed by atoms with Crippen molar-refractivity contribution in [1.29, 1.82) is 0 Å². The lowest BCUT2D eigenvalue weighted by molar-refractivity contribution is 0.0769. The molecule has 0 bridgehead atoms. The molecule has 0 aliphatic heterocycles. The average Bonchev–Trinajstić information content (AvgIpc) is 3.14. The maximum absolute atomic E-state index is 12.7. The Hall–Kier alpha value is -2.93. The van der Waals surface area contributed by atoms with E-state index >= 15 is 0 Å². The van der Waals surface area contributed by atoms with Crippen LogP contribution in [0.4, 0.5) is 0 Å². The predicted molar refractivity (Wildman–Crippen MR) is 110 cm³/mol. The van der Waals surface area contributed by atoms with E-state index in [2.05, 4.69) is 32.6 Å². The lowest BCUT2D eigenvalue weighted by atomic mass is 10.2. The van der Waals surface area contributed by atoms with Gasteiger partial charge in [-0.05, 0) is 42.8 Å². The minimum Gasteiger partial charge on any atom is -0.489 e. The first kappa shape index (κ1) is 19.8. The number of carbonyl (C=O) groups excluding carboxylic acids is 1. The van der Waals surface area contributed by atoms with Crippen molar-refractivity contribution in [1.82, 2.24) is 15.0 Å². The van der Waals surface area contributed by atoms with Crippen molar-refractivity contribution >= 4 is 21.8 Å². The molecule has 0 fully saturated rings. The Morgan fingerprint density at radius 1 is 1.25 bits per heavy atom. The molecule has 144 valence electrons. The number of carbonyl (C=O) groups is 1. The number of hydrogen-bond acceptors (Lipinski definition) is 5. The zero-order valence-corrected chi connectivity index (χ0v) is 17.3. The Morgan fingerprint density at radius 3 is 2.79 bits per heavy atom. The molecule has 0 aliphatic carbocycles. The molecular formula is C21H20BrN3O3. The maximum atomic E-state index is 12.7. The molecule has 0 unspecified atom stereocenters. The molecule has 3 aromatic rings. The molecule has 0 spiro atoms. The van der Waals surface area contributed by atoms with Crippen LogP contribution in [0.5, 0.6) is 5.75 Å². The molecule has 0 saturated carbocycles. The van der Waals surface area contributed by atoms with Gasteiger partial charge in [-0.1, -0.05) is 45.9 Å². The van der Waals surface area contributed by atoms with Gasteiger partial charge in [-0.15, -0.1) is 0 Å². The topological polar surface area (TPSA) is 68.5 Å². The number of ether oxygens (including phenoxy) is 1. The Bertz CT molecular complexity index is 1000. The number of aromatic nitrogens is 2. The predicted octanol–water partition coefficient (Wildman–Crippen LogP) is 4.73. The third-order valence-electron chi connectivity index (χ3n) is 3.84. The third kappa shape index (κ3) is 5.07. The fraction of sp³-hybridized carbons (Fsp3) is 0.190. The van der Waals surface area contributed by atoms with Crippen molar-refractivity contribution in [2.75, 3.05) is 13.7 Å². The van der Waals surface area contributed by atoms with Crippen molar-refractivity contribution in [3.8, 4) is 17.1 Å². The fourth-order valence-electron chi connectivity index (χ4n) is 2.48. The van der Waals surface area contributed by atoms with Gasteiger partial charge in [0, 0.05) is 22.6 Å². The van der Waals surface area contributed by atoms with Gasteiger partial charge in [-0.3, -0.25) is 4.79 Å². The Labute approximate surface area is 171 Å². The van der Waals surface area contributed by atoms with E-state index in [-0.39, 0.29) is 12.5 Å². The van der Waals surface area contributed by atoms with Gasteiger partial charge in [0.05, 0.1) is 6.54 Å². The van der Waals surface area contributed by atoms with E-state index in [0.29, 0.717) is 29.6 Å². The molecule has 3 rings (SSSR count). The molecule has 0 radical (unpaired) electrons. The smallest absolute Gasteiger partial charge is 0.254 e. The monoisotopic (exact) mass is 441 g/mol. The molecule has 1 aromatic heterocycles. The first-order chi connectivity index (χ1) is 13.4. The van der Waals surface area contributed by atoms with Crippen LogP contribution in [0.25, 0.3) is 11.4 Å². The number of benzene rings is 2. The van der Waals surface area contributed by atoms with Crippen LogP contribution in [0.15, 0.2) is 69.7 Å². The number of rotatable bonds is 7.